The second kappa shape index (κ2) is 6.45. The summed E-state index contributed by atoms with van der Waals surface area (Å²) in [4.78, 5) is 0. The minimum atomic E-state index is -3.23. The average molecular weight is 288 g/mol. The fourth-order valence-corrected chi connectivity index (χ4v) is 2.94. The molecule has 1 aromatic carbocycles. The number of sulfonamides is 1. The van der Waals surface area contributed by atoms with Gasteiger partial charge in [0.05, 0.1) is 6.26 Å². The van der Waals surface area contributed by atoms with Crippen molar-refractivity contribution in [1.29, 1.82) is 0 Å². The van der Waals surface area contributed by atoms with E-state index in [-0.39, 0.29) is 5.82 Å². The van der Waals surface area contributed by atoms with Crippen LogP contribution >= 0.6 is 0 Å². The third-order valence-electron chi connectivity index (χ3n) is 2.56. The summed E-state index contributed by atoms with van der Waals surface area (Å²) >= 11 is 0. The van der Waals surface area contributed by atoms with Gasteiger partial charge in [-0.3, -0.25) is 0 Å². The molecule has 108 valence electrons. The molecule has 0 atom stereocenters. The number of hydrogen-bond donors (Lipinski definition) is 2. The predicted octanol–water partition coefficient (Wildman–Crippen LogP) is 1.29. The van der Waals surface area contributed by atoms with E-state index in [0.717, 1.165) is 6.26 Å². The molecule has 0 heterocycles. The molecule has 0 saturated carbocycles. The van der Waals surface area contributed by atoms with Gasteiger partial charge in [0.2, 0.25) is 10.0 Å². The summed E-state index contributed by atoms with van der Waals surface area (Å²) in [7, 11) is -3.23. The SMILES string of the molecule is CC(C)(CNCCc1ccccc1F)NS(C)(=O)=O. The monoisotopic (exact) mass is 288 g/mol. The first-order chi connectivity index (χ1) is 8.70. The summed E-state index contributed by atoms with van der Waals surface area (Å²) in [5.74, 6) is -0.210. The van der Waals surface area contributed by atoms with Crippen LogP contribution in [0.15, 0.2) is 24.3 Å². The van der Waals surface area contributed by atoms with Gasteiger partial charge in [-0.05, 0) is 38.4 Å². The molecule has 0 spiro atoms. The third-order valence-corrected chi connectivity index (χ3v) is 3.48. The maximum atomic E-state index is 13.4. The van der Waals surface area contributed by atoms with Gasteiger partial charge in [0.1, 0.15) is 5.82 Å². The van der Waals surface area contributed by atoms with Crippen molar-refractivity contribution in [3.63, 3.8) is 0 Å². The fourth-order valence-electron chi connectivity index (χ4n) is 1.86. The number of halogens is 1. The Morgan fingerprint density at radius 2 is 1.89 bits per heavy atom. The van der Waals surface area contributed by atoms with E-state index in [2.05, 4.69) is 10.0 Å². The lowest BCUT2D eigenvalue weighted by Crippen LogP contribution is -2.50. The summed E-state index contributed by atoms with van der Waals surface area (Å²) in [6.45, 7) is 4.67. The van der Waals surface area contributed by atoms with Gasteiger partial charge in [-0.2, -0.15) is 0 Å². The van der Waals surface area contributed by atoms with Gasteiger partial charge in [-0.25, -0.2) is 17.5 Å². The van der Waals surface area contributed by atoms with Gasteiger partial charge in [-0.15, -0.1) is 0 Å². The van der Waals surface area contributed by atoms with E-state index in [1.165, 1.54) is 6.07 Å². The molecular formula is C13H21FN2O2S. The highest BCUT2D eigenvalue weighted by Crippen LogP contribution is 2.07. The van der Waals surface area contributed by atoms with Crippen molar-refractivity contribution in [3.05, 3.63) is 35.6 Å². The molecule has 0 aromatic heterocycles. The van der Waals surface area contributed by atoms with Crippen molar-refractivity contribution in [1.82, 2.24) is 10.0 Å². The zero-order valence-corrected chi connectivity index (χ0v) is 12.3. The number of benzene rings is 1. The molecule has 0 bridgehead atoms. The van der Waals surface area contributed by atoms with Gasteiger partial charge < -0.3 is 5.32 Å². The van der Waals surface area contributed by atoms with Crippen LogP contribution in [0.2, 0.25) is 0 Å². The molecule has 0 saturated heterocycles. The zero-order chi connectivity index (χ0) is 14.5. The Labute approximate surface area is 114 Å². The zero-order valence-electron chi connectivity index (χ0n) is 11.5. The van der Waals surface area contributed by atoms with Crippen LogP contribution in [0.3, 0.4) is 0 Å². The van der Waals surface area contributed by atoms with E-state index < -0.39 is 15.6 Å². The van der Waals surface area contributed by atoms with Crippen molar-refractivity contribution in [3.8, 4) is 0 Å². The minimum Gasteiger partial charge on any atom is -0.315 e. The molecule has 0 amide bonds. The van der Waals surface area contributed by atoms with E-state index >= 15 is 0 Å². The molecule has 1 rings (SSSR count). The van der Waals surface area contributed by atoms with Crippen molar-refractivity contribution < 1.29 is 12.8 Å². The molecule has 2 N–H and O–H groups in total. The van der Waals surface area contributed by atoms with E-state index in [1.54, 1.807) is 32.0 Å². The van der Waals surface area contributed by atoms with Crippen LogP contribution in [-0.2, 0) is 16.4 Å². The van der Waals surface area contributed by atoms with Gasteiger partial charge in [-0.1, -0.05) is 18.2 Å². The van der Waals surface area contributed by atoms with Crippen LogP contribution in [0.1, 0.15) is 19.4 Å². The Balaban J connectivity index is 2.37. The van der Waals surface area contributed by atoms with Gasteiger partial charge in [0.25, 0.3) is 0 Å². The van der Waals surface area contributed by atoms with Crippen LogP contribution in [0.25, 0.3) is 0 Å². The molecule has 19 heavy (non-hydrogen) atoms. The summed E-state index contributed by atoms with van der Waals surface area (Å²) in [6.07, 6.45) is 1.70. The molecular weight excluding hydrogens is 267 g/mol. The molecule has 0 aliphatic heterocycles. The Bertz CT molecular complexity index is 515. The molecule has 0 aliphatic rings. The molecule has 6 heteroatoms. The molecule has 0 radical (unpaired) electrons. The summed E-state index contributed by atoms with van der Waals surface area (Å²) in [5.41, 5.74) is 0.0897. The molecule has 0 fully saturated rings. The normalized spacial score (nSPS) is 12.6. The van der Waals surface area contributed by atoms with Crippen LogP contribution in [0, 0.1) is 5.82 Å². The first kappa shape index (κ1) is 16.1. The first-order valence-electron chi connectivity index (χ1n) is 6.13. The lowest BCUT2D eigenvalue weighted by molar-refractivity contribution is 0.422. The summed E-state index contributed by atoms with van der Waals surface area (Å²) < 4.78 is 38.2. The number of nitrogens with one attached hydrogen (secondary N) is 2. The number of rotatable bonds is 7. The standard InChI is InChI=1S/C13H21FN2O2S/c1-13(2,16-19(3,17)18)10-15-9-8-11-6-4-5-7-12(11)14/h4-7,15-16H,8-10H2,1-3H3. The van der Waals surface area contributed by atoms with Crippen LogP contribution in [-0.4, -0.2) is 33.3 Å². The Kier molecular flexibility index (Phi) is 5.46. The van der Waals surface area contributed by atoms with Gasteiger partial charge in [0.15, 0.2) is 0 Å². The smallest absolute Gasteiger partial charge is 0.209 e. The lowest BCUT2D eigenvalue weighted by atomic mass is 10.1. The van der Waals surface area contributed by atoms with Crippen molar-refractivity contribution in [2.45, 2.75) is 25.8 Å². The largest absolute Gasteiger partial charge is 0.315 e. The lowest BCUT2D eigenvalue weighted by Gasteiger charge is -2.25. The van der Waals surface area contributed by atoms with Crippen LogP contribution < -0.4 is 10.0 Å². The highest BCUT2D eigenvalue weighted by atomic mass is 32.2. The average Bonchev–Trinajstić information content (AvgIpc) is 2.23. The van der Waals surface area contributed by atoms with E-state index in [1.807, 2.05) is 0 Å². The van der Waals surface area contributed by atoms with Crippen molar-refractivity contribution >= 4 is 10.0 Å². The minimum absolute atomic E-state index is 0.210. The summed E-state index contributed by atoms with van der Waals surface area (Å²) in [5, 5.41) is 3.13. The Morgan fingerprint density at radius 3 is 2.47 bits per heavy atom. The maximum Gasteiger partial charge on any atom is 0.209 e. The second-order valence-electron chi connectivity index (χ2n) is 5.28. The second-order valence-corrected chi connectivity index (χ2v) is 7.02. The fraction of sp³-hybridized carbons (Fsp3) is 0.538. The van der Waals surface area contributed by atoms with E-state index in [9.17, 15) is 12.8 Å². The molecule has 1 aromatic rings. The van der Waals surface area contributed by atoms with E-state index in [0.29, 0.717) is 25.1 Å². The van der Waals surface area contributed by atoms with Gasteiger partial charge in [0, 0.05) is 12.1 Å². The van der Waals surface area contributed by atoms with Crippen molar-refractivity contribution in [2.24, 2.45) is 0 Å². The first-order valence-corrected chi connectivity index (χ1v) is 8.02. The summed E-state index contributed by atoms with van der Waals surface area (Å²) in [6, 6.07) is 6.64. The highest BCUT2D eigenvalue weighted by Gasteiger charge is 2.21. The Morgan fingerprint density at radius 1 is 1.26 bits per heavy atom. The molecule has 4 nitrogen and oxygen atoms in total. The van der Waals surface area contributed by atoms with Crippen molar-refractivity contribution in [2.75, 3.05) is 19.3 Å². The Hall–Kier alpha value is -0.980. The third kappa shape index (κ3) is 6.66. The van der Waals surface area contributed by atoms with Crippen LogP contribution in [0.5, 0.6) is 0 Å². The molecule has 0 unspecified atom stereocenters. The van der Waals surface area contributed by atoms with E-state index in [4.69, 9.17) is 0 Å². The maximum absolute atomic E-state index is 13.4. The predicted molar refractivity (Wildman–Crippen MR) is 75.0 cm³/mol. The molecule has 0 aliphatic carbocycles. The quantitative estimate of drug-likeness (QED) is 0.743. The highest BCUT2D eigenvalue weighted by molar-refractivity contribution is 7.88. The number of hydrogen-bond acceptors (Lipinski definition) is 3. The van der Waals surface area contributed by atoms with Gasteiger partial charge >= 0.3 is 0 Å². The van der Waals surface area contributed by atoms with Crippen LogP contribution in [0.4, 0.5) is 4.39 Å². The topological polar surface area (TPSA) is 58.2 Å².